The Labute approximate surface area is 124 Å². The molecule has 21 heavy (non-hydrogen) atoms. The van der Waals surface area contributed by atoms with E-state index in [1.165, 1.54) is 18.6 Å². The Balaban J connectivity index is 2.07. The Morgan fingerprint density at radius 2 is 1.48 bits per heavy atom. The minimum Gasteiger partial charge on any atom is -0.380 e. The average Bonchev–Trinajstić information content (AvgIpc) is 2.56. The van der Waals surface area contributed by atoms with E-state index in [9.17, 15) is 9.50 Å². The van der Waals surface area contributed by atoms with Crippen molar-refractivity contribution in [3.8, 4) is 0 Å². The molecule has 0 radical (unpaired) electrons. The second-order valence-electron chi connectivity index (χ2n) is 5.84. The van der Waals surface area contributed by atoms with Crippen molar-refractivity contribution in [2.45, 2.75) is 37.7 Å². The van der Waals surface area contributed by atoms with Crippen LogP contribution in [0, 0.1) is 11.7 Å². The summed E-state index contributed by atoms with van der Waals surface area (Å²) in [5.74, 6) is -0.112. The molecule has 1 aliphatic carbocycles. The Morgan fingerprint density at radius 3 is 2.10 bits per heavy atom. The maximum Gasteiger partial charge on any atom is 0.123 e. The molecule has 1 fully saturated rings. The summed E-state index contributed by atoms with van der Waals surface area (Å²) in [7, 11) is 0. The normalized spacial score (nSPS) is 19.1. The van der Waals surface area contributed by atoms with E-state index in [1.807, 2.05) is 12.1 Å². The van der Waals surface area contributed by atoms with Crippen LogP contribution in [0.5, 0.6) is 0 Å². The lowest BCUT2D eigenvalue weighted by Gasteiger charge is -2.39. The zero-order valence-electron chi connectivity index (χ0n) is 12.0. The zero-order chi connectivity index (χ0) is 14.7. The van der Waals surface area contributed by atoms with E-state index >= 15 is 0 Å². The summed E-state index contributed by atoms with van der Waals surface area (Å²) in [5, 5.41) is 11.5. The molecule has 3 rings (SSSR count). The van der Waals surface area contributed by atoms with Crippen LogP contribution in [-0.2, 0) is 5.60 Å². The molecule has 2 aromatic rings. The molecular weight excluding hydrogens is 265 g/mol. The third-order valence-electron chi connectivity index (χ3n) is 4.60. The third kappa shape index (κ3) is 2.70. The van der Waals surface area contributed by atoms with Gasteiger partial charge in [-0.15, -0.1) is 0 Å². The highest BCUT2D eigenvalue weighted by molar-refractivity contribution is 5.36. The van der Waals surface area contributed by atoms with Gasteiger partial charge < -0.3 is 5.11 Å². The van der Waals surface area contributed by atoms with Crippen molar-refractivity contribution in [3.05, 3.63) is 65.7 Å². The van der Waals surface area contributed by atoms with Crippen molar-refractivity contribution in [2.24, 2.45) is 5.92 Å². The minimum absolute atomic E-state index is 0.166. The summed E-state index contributed by atoms with van der Waals surface area (Å²) in [6.07, 6.45) is 8.90. The molecule has 0 amide bonds. The van der Waals surface area contributed by atoms with Crippen molar-refractivity contribution in [1.29, 1.82) is 0 Å². The number of aliphatic hydroxyl groups is 1. The number of hydrogen-bond acceptors (Lipinski definition) is 2. The molecule has 1 N–H and O–H groups in total. The predicted molar refractivity (Wildman–Crippen MR) is 80.2 cm³/mol. The van der Waals surface area contributed by atoms with Gasteiger partial charge in [0.15, 0.2) is 0 Å². The first kappa shape index (κ1) is 14.2. The van der Waals surface area contributed by atoms with Crippen LogP contribution in [0.3, 0.4) is 0 Å². The molecule has 1 saturated carbocycles. The van der Waals surface area contributed by atoms with Crippen molar-refractivity contribution < 1.29 is 9.50 Å². The van der Waals surface area contributed by atoms with E-state index in [1.54, 1.807) is 24.5 Å². The maximum atomic E-state index is 13.2. The molecular formula is C18H20FNO. The molecule has 3 heteroatoms. The van der Waals surface area contributed by atoms with Crippen molar-refractivity contribution in [2.75, 3.05) is 0 Å². The van der Waals surface area contributed by atoms with Gasteiger partial charge >= 0.3 is 0 Å². The summed E-state index contributed by atoms with van der Waals surface area (Å²) in [5.41, 5.74) is 0.551. The van der Waals surface area contributed by atoms with Crippen LogP contribution in [0.25, 0.3) is 0 Å². The smallest absolute Gasteiger partial charge is 0.123 e. The topological polar surface area (TPSA) is 33.1 Å². The largest absolute Gasteiger partial charge is 0.380 e. The number of benzene rings is 1. The molecule has 1 heterocycles. The standard InChI is InChI=1S/C18H20FNO/c19-17-8-6-15(7-9-17)18(21,14-4-2-1-3-5-14)16-10-12-20-13-11-16/h6-14,21H,1-5H2/t18-/m0/s1. The highest BCUT2D eigenvalue weighted by atomic mass is 19.1. The molecule has 1 aliphatic rings. The van der Waals surface area contributed by atoms with Crippen molar-refractivity contribution >= 4 is 0 Å². The summed E-state index contributed by atoms with van der Waals surface area (Å²) < 4.78 is 13.2. The summed E-state index contributed by atoms with van der Waals surface area (Å²) in [4.78, 5) is 4.04. The summed E-state index contributed by atoms with van der Waals surface area (Å²) in [6, 6.07) is 9.96. The number of hydrogen-bond donors (Lipinski definition) is 1. The van der Waals surface area contributed by atoms with E-state index in [-0.39, 0.29) is 11.7 Å². The lowest BCUT2D eigenvalue weighted by Crippen LogP contribution is -2.37. The van der Waals surface area contributed by atoms with Gasteiger partial charge in [0.2, 0.25) is 0 Å². The molecule has 0 aliphatic heterocycles. The summed E-state index contributed by atoms with van der Waals surface area (Å²) in [6.45, 7) is 0. The van der Waals surface area contributed by atoms with Crippen LogP contribution >= 0.6 is 0 Å². The second-order valence-corrected chi connectivity index (χ2v) is 5.84. The zero-order valence-corrected chi connectivity index (χ0v) is 12.0. The SMILES string of the molecule is O[C@](c1ccncc1)(c1ccc(F)cc1)C1CCCCC1. The molecule has 0 spiro atoms. The van der Waals surface area contributed by atoms with Gasteiger partial charge in [0.05, 0.1) is 0 Å². The first-order valence-corrected chi connectivity index (χ1v) is 7.60. The van der Waals surface area contributed by atoms with Crippen molar-refractivity contribution in [1.82, 2.24) is 4.98 Å². The highest BCUT2D eigenvalue weighted by Gasteiger charge is 2.40. The van der Waals surface area contributed by atoms with E-state index in [0.717, 1.165) is 36.8 Å². The van der Waals surface area contributed by atoms with Crippen LogP contribution in [0.2, 0.25) is 0 Å². The number of aromatic nitrogens is 1. The third-order valence-corrected chi connectivity index (χ3v) is 4.60. The average molecular weight is 285 g/mol. The van der Waals surface area contributed by atoms with Gasteiger partial charge in [0.25, 0.3) is 0 Å². The Bertz CT molecular complexity index is 578. The highest BCUT2D eigenvalue weighted by Crippen LogP contribution is 2.43. The number of halogens is 1. The van der Waals surface area contributed by atoms with E-state index in [0.29, 0.717) is 0 Å². The molecule has 2 nitrogen and oxygen atoms in total. The fourth-order valence-electron chi connectivity index (χ4n) is 3.47. The van der Waals surface area contributed by atoms with Gasteiger partial charge in [-0.25, -0.2) is 4.39 Å². The first-order chi connectivity index (χ1) is 10.2. The quantitative estimate of drug-likeness (QED) is 0.923. The molecule has 1 aromatic carbocycles. The Morgan fingerprint density at radius 1 is 0.905 bits per heavy atom. The number of nitrogens with zero attached hydrogens (tertiary/aromatic N) is 1. The van der Waals surface area contributed by atoms with Crippen LogP contribution in [-0.4, -0.2) is 10.1 Å². The monoisotopic (exact) mass is 285 g/mol. The maximum absolute atomic E-state index is 13.2. The molecule has 0 unspecified atom stereocenters. The fraction of sp³-hybridized carbons (Fsp3) is 0.389. The van der Waals surface area contributed by atoms with Crippen LogP contribution in [0.4, 0.5) is 4.39 Å². The van der Waals surface area contributed by atoms with Crippen molar-refractivity contribution in [3.63, 3.8) is 0 Å². The fourth-order valence-corrected chi connectivity index (χ4v) is 3.47. The second kappa shape index (κ2) is 5.94. The molecule has 0 bridgehead atoms. The van der Waals surface area contributed by atoms with Crippen LogP contribution in [0.15, 0.2) is 48.8 Å². The predicted octanol–water partition coefficient (Wildman–Crippen LogP) is 4.04. The first-order valence-electron chi connectivity index (χ1n) is 7.60. The van der Waals surface area contributed by atoms with Gasteiger partial charge in [0, 0.05) is 12.4 Å². The van der Waals surface area contributed by atoms with E-state index < -0.39 is 5.60 Å². The molecule has 1 aromatic heterocycles. The van der Waals surface area contributed by atoms with Gasteiger partial charge in [-0.2, -0.15) is 0 Å². The molecule has 0 saturated heterocycles. The lowest BCUT2D eigenvalue weighted by atomic mass is 9.70. The minimum atomic E-state index is -1.06. The Hall–Kier alpha value is -1.74. The van der Waals surface area contributed by atoms with Crippen LogP contribution < -0.4 is 0 Å². The number of rotatable bonds is 3. The lowest BCUT2D eigenvalue weighted by molar-refractivity contribution is -0.000830. The van der Waals surface area contributed by atoms with E-state index in [2.05, 4.69) is 4.98 Å². The Kier molecular flexibility index (Phi) is 4.02. The van der Waals surface area contributed by atoms with Gasteiger partial charge in [-0.05, 0) is 54.2 Å². The van der Waals surface area contributed by atoms with E-state index in [4.69, 9.17) is 0 Å². The van der Waals surface area contributed by atoms with Gasteiger partial charge in [-0.3, -0.25) is 4.98 Å². The van der Waals surface area contributed by atoms with Crippen LogP contribution in [0.1, 0.15) is 43.2 Å². The molecule has 1 atom stereocenters. The summed E-state index contributed by atoms with van der Waals surface area (Å²) >= 11 is 0. The number of pyridine rings is 1. The van der Waals surface area contributed by atoms with Gasteiger partial charge in [0.1, 0.15) is 11.4 Å². The molecule has 110 valence electrons. The van der Waals surface area contributed by atoms with Gasteiger partial charge in [-0.1, -0.05) is 31.4 Å².